The number of phenols is 4. The SMILES string of the molecule is O=C(N=C(O[C@@H]1CCCNCC1)c1cc(O)c(C(=O)c2c(O)cccc2C(=O)O)c(O)c1)c1ccc(O)cc1. The van der Waals surface area contributed by atoms with Gasteiger partial charge in [-0.05, 0) is 80.9 Å². The molecule has 11 heteroatoms. The first-order valence-corrected chi connectivity index (χ1v) is 12.1. The molecule has 1 fully saturated rings. The summed E-state index contributed by atoms with van der Waals surface area (Å²) in [6.45, 7) is 1.46. The number of aliphatic imine (C=N–C) groups is 1. The Morgan fingerprint density at radius 2 is 1.51 bits per heavy atom. The van der Waals surface area contributed by atoms with Gasteiger partial charge in [0.1, 0.15) is 34.7 Å². The molecule has 1 atom stereocenters. The third-order valence-corrected chi connectivity index (χ3v) is 6.19. The smallest absolute Gasteiger partial charge is 0.336 e. The number of ketones is 1. The van der Waals surface area contributed by atoms with Crippen LogP contribution in [-0.4, -0.2) is 68.3 Å². The molecular weight excluding hydrogens is 508 g/mol. The molecule has 1 aliphatic rings. The van der Waals surface area contributed by atoms with Gasteiger partial charge in [0.2, 0.25) is 11.7 Å². The monoisotopic (exact) mass is 534 g/mol. The molecule has 0 unspecified atom stereocenters. The van der Waals surface area contributed by atoms with Crippen LogP contribution in [0.25, 0.3) is 0 Å². The average molecular weight is 535 g/mol. The van der Waals surface area contributed by atoms with E-state index >= 15 is 0 Å². The lowest BCUT2D eigenvalue weighted by molar-refractivity contribution is 0.0691. The number of aromatic hydroxyl groups is 4. The summed E-state index contributed by atoms with van der Waals surface area (Å²) in [5, 5.41) is 53.9. The first kappa shape index (κ1) is 27.1. The van der Waals surface area contributed by atoms with Crippen molar-refractivity contribution in [3.05, 3.63) is 82.4 Å². The van der Waals surface area contributed by atoms with E-state index in [0.717, 1.165) is 37.2 Å². The Kier molecular flexibility index (Phi) is 8.11. The third kappa shape index (κ3) is 6.16. The van der Waals surface area contributed by atoms with Gasteiger partial charge in [-0.3, -0.25) is 9.59 Å². The van der Waals surface area contributed by atoms with Gasteiger partial charge < -0.3 is 35.6 Å². The summed E-state index contributed by atoms with van der Waals surface area (Å²) in [6, 6.07) is 11.0. The number of nitrogens with zero attached hydrogens (tertiary/aromatic N) is 1. The molecule has 39 heavy (non-hydrogen) atoms. The Bertz CT molecular complexity index is 1420. The molecule has 3 aromatic rings. The predicted molar refractivity (Wildman–Crippen MR) is 139 cm³/mol. The molecule has 4 rings (SSSR count). The van der Waals surface area contributed by atoms with Crippen LogP contribution in [0.15, 0.2) is 59.6 Å². The lowest BCUT2D eigenvalue weighted by atomic mass is 9.95. The van der Waals surface area contributed by atoms with Crippen molar-refractivity contribution in [2.75, 3.05) is 13.1 Å². The number of phenolic OH excluding ortho intramolecular Hbond substituents is 4. The molecule has 11 nitrogen and oxygen atoms in total. The normalized spacial score (nSPS) is 15.8. The van der Waals surface area contributed by atoms with E-state index in [1.165, 1.54) is 30.3 Å². The third-order valence-electron chi connectivity index (χ3n) is 6.19. The zero-order chi connectivity index (χ0) is 28.1. The van der Waals surface area contributed by atoms with Gasteiger partial charge in [-0.2, -0.15) is 4.99 Å². The van der Waals surface area contributed by atoms with Gasteiger partial charge in [0, 0.05) is 11.1 Å². The van der Waals surface area contributed by atoms with Gasteiger partial charge in [-0.25, -0.2) is 4.79 Å². The highest BCUT2D eigenvalue weighted by Gasteiger charge is 2.28. The Morgan fingerprint density at radius 3 is 2.18 bits per heavy atom. The largest absolute Gasteiger partial charge is 0.508 e. The number of carboxylic acids is 1. The molecule has 0 spiro atoms. The molecule has 0 radical (unpaired) electrons. The van der Waals surface area contributed by atoms with Gasteiger partial charge in [-0.15, -0.1) is 0 Å². The Balaban J connectivity index is 1.76. The van der Waals surface area contributed by atoms with Crippen LogP contribution in [-0.2, 0) is 4.74 Å². The highest BCUT2D eigenvalue weighted by molar-refractivity contribution is 6.19. The number of carbonyl (C=O) groups is 3. The van der Waals surface area contributed by atoms with E-state index in [0.29, 0.717) is 19.4 Å². The number of benzene rings is 3. The van der Waals surface area contributed by atoms with Gasteiger partial charge in [-0.1, -0.05) is 6.07 Å². The number of carbonyl (C=O) groups excluding carboxylic acids is 2. The fraction of sp³-hybridized carbons (Fsp3) is 0.214. The van der Waals surface area contributed by atoms with Crippen molar-refractivity contribution in [3.8, 4) is 23.0 Å². The minimum atomic E-state index is -1.49. The minimum absolute atomic E-state index is 0.0124. The lowest BCUT2D eigenvalue weighted by Gasteiger charge is -2.19. The van der Waals surface area contributed by atoms with E-state index in [1.54, 1.807) is 0 Å². The van der Waals surface area contributed by atoms with Gasteiger partial charge >= 0.3 is 5.97 Å². The Hall–Kier alpha value is -4.90. The standard InChI is InChI=1S/C28H26N2O9/c31-17-8-6-15(7-9-17)26(36)30-27(39-18-3-2-11-29-12-10-18)16-13-21(33)24(22(34)14-16)25(35)23-19(28(37)38)4-1-5-20(23)32/h1,4-9,13-14,18,29,31-34H,2-3,10-12H2,(H,37,38)/t18-/m1/s1. The second kappa shape index (κ2) is 11.7. The van der Waals surface area contributed by atoms with Crippen molar-refractivity contribution < 1.29 is 44.7 Å². The summed E-state index contributed by atoms with van der Waals surface area (Å²) in [5.41, 5.74) is -1.64. The predicted octanol–water partition coefficient (Wildman–Crippen LogP) is 3.18. The van der Waals surface area contributed by atoms with Crippen molar-refractivity contribution in [2.24, 2.45) is 4.99 Å². The van der Waals surface area contributed by atoms with Gasteiger partial charge in [0.05, 0.1) is 11.1 Å². The van der Waals surface area contributed by atoms with Crippen LogP contribution in [0.5, 0.6) is 23.0 Å². The summed E-state index contributed by atoms with van der Waals surface area (Å²) in [4.78, 5) is 41.7. The van der Waals surface area contributed by atoms with Gasteiger partial charge in [0.25, 0.3) is 5.91 Å². The van der Waals surface area contributed by atoms with E-state index in [-0.39, 0.29) is 28.9 Å². The van der Waals surface area contributed by atoms with Crippen LogP contribution in [0.2, 0.25) is 0 Å². The molecule has 1 heterocycles. The second-order valence-electron chi connectivity index (χ2n) is 8.91. The Morgan fingerprint density at radius 1 is 0.821 bits per heavy atom. The Labute approximate surface area is 222 Å². The van der Waals surface area contributed by atoms with Crippen molar-refractivity contribution >= 4 is 23.6 Å². The van der Waals surface area contributed by atoms with Crippen molar-refractivity contribution in [1.82, 2.24) is 5.32 Å². The second-order valence-corrected chi connectivity index (χ2v) is 8.91. The molecule has 1 amide bonds. The number of amides is 1. The van der Waals surface area contributed by atoms with Crippen LogP contribution in [0.4, 0.5) is 0 Å². The molecule has 0 aliphatic carbocycles. The lowest BCUT2D eigenvalue weighted by Crippen LogP contribution is -2.22. The topological polar surface area (TPSA) is 186 Å². The fourth-order valence-corrected chi connectivity index (χ4v) is 4.23. The number of hydrogen-bond acceptors (Lipinski definition) is 9. The maximum Gasteiger partial charge on any atom is 0.336 e. The van der Waals surface area contributed by atoms with E-state index in [4.69, 9.17) is 4.74 Å². The van der Waals surface area contributed by atoms with E-state index in [1.807, 2.05) is 0 Å². The van der Waals surface area contributed by atoms with Crippen molar-refractivity contribution in [3.63, 3.8) is 0 Å². The maximum atomic E-state index is 13.2. The molecule has 202 valence electrons. The number of rotatable bonds is 6. The van der Waals surface area contributed by atoms with E-state index in [9.17, 15) is 39.9 Å². The van der Waals surface area contributed by atoms with E-state index in [2.05, 4.69) is 10.3 Å². The molecule has 1 saturated heterocycles. The minimum Gasteiger partial charge on any atom is -0.508 e. The fourth-order valence-electron chi connectivity index (χ4n) is 4.23. The first-order valence-electron chi connectivity index (χ1n) is 12.1. The summed E-state index contributed by atoms with van der Waals surface area (Å²) < 4.78 is 6.05. The molecule has 6 N–H and O–H groups in total. The van der Waals surface area contributed by atoms with Crippen molar-refractivity contribution in [2.45, 2.75) is 25.4 Å². The van der Waals surface area contributed by atoms with Crippen LogP contribution < -0.4 is 5.32 Å². The summed E-state index contributed by atoms with van der Waals surface area (Å²) >= 11 is 0. The van der Waals surface area contributed by atoms with Crippen LogP contribution >= 0.6 is 0 Å². The highest BCUT2D eigenvalue weighted by atomic mass is 16.5. The summed E-state index contributed by atoms with van der Waals surface area (Å²) in [6.07, 6.45) is 1.72. The number of ether oxygens (including phenoxy) is 1. The van der Waals surface area contributed by atoms with Crippen LogP contribution in [0.1, 0.15) is 61.5 Å². The summed E-state index contributed by atoms with van der Waals surface area (Å²) in [7, 11) is 0. The highest BCUT2D eigenvalue weighted by Crippen LogP contribution is 2.35. The van der Waals surface area contributed by atoms with Crippen molar-refractivity contribution in [1.29, 1.82) is 0 Å². The van der Waals surface area contributed by atoms with Crippen LogP contribution in [0, 0.1) is 0 Å². The molecule has 0 aromatic heterocycles. The number of hydrogen-bond donors (Lipinski definition) is 6. The number of nitrogens with one attached hydrogen (secondary N) is 1. The average Bonchev–Trinajstić information content (AvgIpc) is 3.16. The molecule has 3 aromatic carbocycles. The summed E-state index contributed by atoms with van der Waals surface area (Å²) in [5.74, 6) is -5.70. The molecular formula is C28H26N2O9. The van der Waals surface area contributed by atoms with E-state index < -0.39 is 51.6 Å². The quantitative estimate of drug-likeness (QED) is 0.156. The maximum absolute atomic E-state index is 13.2. The van der Waals surface area contributed by atoms with Crippen LogP contribution in [0.3, 0.4) is 0 Å². The molecule has 0 saturated carbocycles. The first-order chi connectivity index (χ1) is 18.7. The zero-order valence-corrected chi connectivity index (χ0v) is 20.6. The number of aromatic carboxylic acids is 1. The molecule has 1 aliphatic heterocycles. The number of carboxylic acid groups (broad SMARTS) is 1. The zero-order valence-electron chi connectivity index (χ0n) is 20.6. The van der Waals surface area contributed by atoms with Gasteiger partial charge in [0.15, 0.2) is 0 Å². The molecule has 0 bridgehead atoms.